The Labute approximate surface area is 78.3 Å². The van der Waals surface area contributed by atoms with Gasteiger partial charge in [-0.25, -0.2) is 0 Å². The van der Waals surface area contributed by atoms with Crippen molar-refractivity contribution in [3.63, 3.8) is 0 Å². The molecule has 0 bridgehead atoms. The van der Waals surface area contributed by atoms with Crippen molar-refractivity contribution < 1.29 is 14.6 Å². The zero-order chi connectivity index (χ0) is 9.26. The van der Waals surface area contributed by atoms with E-state index in [2.05, 4.69) is 6.58 Å². The second-order valence-corrected chi connectivity index (χ2v) is 3.89. The van der Waals surface area contributed by atoms with Gasteiger partial charge in [-0.2, -0.15) is 0 Å². The Hall–Kier alpha value is -0.540. The minimum atomic E-state index is 0.248. The first-order valence-corrected chi connectivity index (χ1v) is 4.84. The van der Waals surface area contributed by atoms with Gasteiger partial charge in [0.2, 0.25) is 0 Å². The molecule has 0 aromatic heterocycles. The molecular formula is C10H16O3. The van der Waals surface area contributed by atoms with Gasteiger partial charge in [-0.15, -0.1) is 0 Å². The molecule has 1 aliphatic carbocycles. The zero-order valence-electron chi connectivity index (χ0n) is 7.69. The molecule has 3 nitrogen and oxygen atoms in total. The van der Waals surface area contributed by atoms with Gasteiger partial charge in [-0.3, -0.25) is 0 Å². The highest BCUT2D eigenvalue weighted by Crippen LogP contribution is 2.42. The molecule has 4 atom stereocenters. The third-order valence-electron chi connectivity index (χ3n) is 3.09. The Morgan fingerprint density at radius 2 is 2.08 bits per heavy atom. The predicted octanol–water partition coefficient (Wildman–Crippen LogP) is 0.932. The Morgan fingerprint density at radius 1 is 1.38 bits per heavy atom. The molecule has 1 aliphatic heterocycles. The lowest BCUT2D eigenvalue weighted by Gasteiger charge is -2.26. The average molecular weight is 184 g/mol. The van der Waals surface area contributed by atoms with Gasteiger partial charge in [-0.05, 0) is 18.8 Å². The van der Waals surface area contributed by atoms with Crippen LogP contribution in [0.3, 0.4) is 0 Å². The molecule has 0 radical (unpaired) electrons. The number of ether oxygens (including phenoxy) is 2. The normalized spacial score (nSPS) is 42.2. The first-order chi connectivity index (χ1) is 6.35. The molecule has 2 rings (SSSR count). The van der Waals surface area contributed by atoms with Crippen LogP contribution >= 0.6 is 0 Å². The van der Waals surface area contributed by atoms with Crippen LogP contribution in [0.15, 0.2) is 12.8 Å². The lowest BCUT2D eigenvalue weighted by atomic mass is 9.80. The molecule has 1 N–H and O–H groups in total. The summed E-state index contributed by atoms with van der Waals surface area (Å²) >= 11 is 0. The predicted molar refractivity (Wildman–Crippen MR) is 48.1 cm³/mol. The maximum atomic E-state index is 9.16. The summed E-state index contributed by atoms with van der Waals surface area (Å²) in [5.74, 6) is 0.787. The average Bonchev–Trinajstić information content (AvgIpc) is 2.90. The Bertz CT molecular complexity index is 193. The Morgan fingerprint density at radius 3 is 2.69 bits per heavy atom. The van der Waals surface area contributed by atoms with Gasteiger partial charge < -0.3 is 14.6 Å². The fourth-order valence-corrected chi connectivity index (χ4v) is 2.19. The van der Waals surface area contributed by atoms with Crippen LogP contribution in [0, 0.1) is 11.8 Å². The second kappa shape index (κ2) is 3.68. The van der Waals surface area contributed by atoms with E-state index in [4.69, 9.17) is 14.6 Å². The van der Waals surface area contributed by atoms with E-state index in [0.717, 1.165) is 12.8 Å². The SMILES string of the molecule is C=COCC1CC2OC2CC1CO. The van der Waals surface area contributed by atoms with Crippen molar-refractivity contribution in [3.8, 4) is 0 Å². The van der Waals surface area contributed by atoms with Crippen LogP contribution in [-0.2, 0) is 9.47 Å². The molecule has 1 heterocycles. The number of hydrogen-bond donors (Lipinski definition) is 1. The molecule has 2 aliphatic rings. The largest absolute Gasteiger partial charge is 0.502 e. The summed E-state index contributed by atoms with van der Waals surface area (Å²) in [5, 5.41) is 9.16. The van der Waals surface area contributed by atoms with E-state index in [1.807, 2.05) is 0 Å². The van der Waals surface area contributed by atoms with Crippen LogP contribution in [0.25, 0.3) is 0 Å². The summed E-state index contributed by atoms with van der Waals surface area (Å²) < 4.78 is 10.6. The van der Waals surface area contributed by atoms with Gasteiger partial charge in [0.25, 0.3) is 0 Å². The Kier molecular flexibility index (Phi) is 2.56. The van der Waals surface area contributed by atoms with E-state index in [1.54, 1.807) is 0 Å². The van der Waals surface area contributed by atoms with Crippen LogP contribution < -0.4 is 0 Å². The van der Waals surface area contributed by atoms with E-state index < -0.39 is 0 Å². The van der Waals surface area contributed by atoms with E-state index in [0.29, 0.717) is 30.7 Å². The van der Waals surface area contributed by atoms with Crippen LogP contribution in [0.4, 0.5) is 0 Å². The molecule has 0 spiro atoms. The highest BCUT2D eigenvalue weighted by Gasteiger charge is 2.48. The summed E-state index contributed by atoms with van der Waals surface area (Å²) in [7, 11) is 0. The molecule has 1 saturated heterocycles. The molecule has 0 aromatic carbocycles. The molecular weight excluding hydrogens is 168 g/mol. The van der Waals surface area contributed by atoms with Crippen molar-refractivity contribution in [1.29, 1.82) is 0 Å². The van der Waals surface area contributed by atoms with Crippen molar-refractivity contribution in [2.75, 3.05) is 13.2 Å². The smallest absolute Gasteiger partial charge is 0.0905 e. The van der Waals surface area contributed by atoms with Gasteiger partial charge in [0, 0.05) is 12.5 Å². The summed E-state index contributed by atoms with van der Waals surface area (Å²) in [6.45, 7) is 4.43. The zero-order valence-corrected chi connectivity index (χ0v) is 7.69. The molecule has 74 valence electrons. The molecule has 13 heavy (non-hydrogen) atoms. The molecule has 3 heteroatoms. The lowest BCUT2D eigenvalue weighted by molar-refractivity contribution is 0.0884. The first-order valence-electron chi connectivity index (χ1n) is 4.84. The van der Waals surface area contributed by atoms with Crippen LogP contribution in [0.1, 0.15) is 12.8 Å². The first kappa shape index (κ1) is 9.03. The second-order valence-electron chi connectivity index (χ2n) is 3.89. The van der Waals surface area contributed by atoms with Crippen LogP contribution in [0.5, 0.6) is 0 Å². The lowest BCUT2D eigenvalue weighted by Crippen LogP contribution is -2.30. The maximum absolute atomic E-state index is 9.16. The number of aliphatic hydroxyl groups is 1. The van der Waals surface area contributed by atoms with Crippen LogP contribution in [-0.4, -0.2) is 30.5 Å². The van der Waals surface area contributed by atoms with Gasteiger partial charge in [-0.1, -0.05) is 6.58 Å². The summed E-state index contributed by atoms with van der Waals surface area (Å²) in [6.07, 6.45) is 4.36. The minimum Gasteiger partial charge on any atom is -0.502 e. The molecule has 4 unspecified atom stereocenters. The van der Waals surface area contributed by atoms with Crippen molar-refractivity contribution in [2.45, 2.75) is 25.0 Å². The fourth-order valence-electron chi connectivity index (χ4n) is 2.19. The van der Waals surface area contributed by atoms with Gasteiger partial charge in [0.1, 0.15) is 0 Å². The number of aliphatic hydroxyl groups excluding tert-OH is 1. The maximum Gasteiger partial charge on any atom is 0.0905 e. The highest BCUT2D eigenvalue weighted by molar-refractivity contribution is 4.95. The van der Waals surface area contributed by atoms with Gasteiger partial charge in [0.05, 0.1) is 25.1 Å². The van der Waals surface area contributed by atoms with E-state index in [1.165, 1.54) is 6.26 Å². The van der Waals surface area contributed by atoms with Crippen molar-refractivity contribution in [2.24, 2.45) is 11.8 Å². The summed E-state index contributed by atoms with van der Waals surface area (Å²) in [4.78, 5) is 0. The number of fused-ring (bicyclic) bond motifs is 1. The molecule has 0 aromatic rings. The number of epoxide rings is 1. The Balaban J connectivity index is 1.86. The van der Waals surface area contributed by atoms with Gasteiger partial charge >= 0.3 is 0 Å². The highest BCUT2D eigenvalue weighted by atomic mass is 16.6. The molecule has 1 saturated carbocycles. The van der Waals surface area contributed by atoms with Crippen molar-refractivity contribution >= 4 is 0 Å². The fraction of sp³-hybridized carbons (Fsp3) is 0.800. The third-order valence-corrected chi connectivity index (χ3v) is 3.09. The minimum absolute atomic E-state index is 0.248. The van der Waals surface area contributed by atoms with E-state index >= 15 is 0 Å². The summed E-state index contributed by atoms with van der Waals surface area (Å²) in [5.41, 5.74) is 0. The van der Waals surface area contributed by atoms with E-state index in [-0.39, 0.29) is 6.61 Å². The topological polar surface area (TPSA) is 42.0 Å². The van der Waals surface area contributed by atoms with E-state index in [9.17, 15) is 0 Å². The summed E-state index contributed by atoms with van der Waals surface area (Å²) in [6, 6.07) is 0. The quantitative estimate of drug-likeness (QED) is 0.522. The third kappa shape index (κ3) is 1.86. The van der Waals surface area contributed by atoms with Gasteiger partial charge in [0.15, 0.2) is 0 Å². The molecule has 2 fully saturated rings. The number of rotatable bonds is 4. The number of hydrogen-bond acceptors (Lipinski definition) is 3. The standard InChI is InChI=1S/C10H16O3/c1-2-12-6-8-4-10-9(13-10)3-7(8)5-11/h2,7-11H,1,3-6H2. The molecule has 0 amide bonds. The van der Waals surface area contributed by atoms with Crippen molar-refractivity contribution in [3.05, 3.63) is 12.8 Å². The monoisotopic (exact) mass is 184 g/mol. The van der Waals surface area contributed by atoms with Crippen molar-refractivity contribution in [1.82, 2.24) is 0 Å². The van der Waals surface area contributed by atoms with Crippen LogP contribution in [0.2, 0.25) is 0 Å².